The molecule has 22 heavy (non-hydrogen) atoms. The van der Waals surface area contributed by atoms with Gasteiger partial charge in [0.1, 0.15) is 5.82 Å². The number of piperazine rings is 1. The van der Waals surface area contributed by atoms with E-state index in [4.69, 9.17) is 9.97 Å². The highest BCUT2D eigenvalue weighted by Crippen LogP contribution is 2.27. The van der Waals surface area contributed by atoms with Crippen LogP contribution in [0.1, 0.15) is 25.7 Å². The van der Waals surface area contributed by atoms with Crippen LogP contribution in [0, 0.1) is 0 Å². The van der Waals surface area contributed by atoms with Crippen LogP contribution in [0.15, 0.2) is 24.3 Å². The summed E-state index contributed by atoms with van der Waals surface area (Å²) in [5.74, 6) is 1.90. The van der Waals surface area contributed by atoms with Crippen LogP contribution in [-0.2, 0) is 0 Å². The lowest BCUT2D eigenvalue weighted by atomic mass is 10.2. The molecule has 1 aliphatic carbocycles. The maximum absolute atomic E-state index is 4.88. The zero-order chi connectivity index (χ0) is 14.8. The number of fused-ring (bicyclic) bond motifs is 1. The molecule has 0 spiro atoms. The van der Waals surface area contributed by atoms with Crippen LogP contribution in [0.4, 0.5) is 11.8 Å². The van der Waals surface area contributed by atoms with E-state index < -0.39 is 0 Å². The second-order valence-corrected chi connectivity index (χ2v) is 6.37. The quantitative estimate of drug-likeness (QED) is 0.898. The molecule has 1 aromatic heterocycles. The minimum Gasteiger partial charge on any atom is -0.367 e. The molecule has 5 nitrogen and oxygen atoms in total. The molecule has 1 aliphatic heterocycles. The molecule has 2 heterocycles. The van der Waals surface area contributed by atoms with Gasteiger partial charge in [-0.1, -0.05) is 25.0 Å². The number of nitrogens with zero attached hydrogens (tertiary/aromatic N) is 3. The molecule has 0 radical (unpaired) electrons. The van der Waals surface area contributed by atoms with E-state index in [2.05, 4.69) is 39.8 Å². The Balaban J connectivity index is 1.71. The summed E-state index contributed by atoms with van der Waals surface area (Å²) in [4.78, 5) is 12.0. The van der Waals surface area contributed by atoms with Gasteiger partial charge >= 0.3 is 0 Å². The first-order valence-electron chi connectivity index (χ1n) is 8.50. The minimum absolute atomic E-state index is 0.570. The normalized spacial score (nSPS) is 19.7. The SMILES string of the molecule is c1ccc2c(NC3CCCC3)nc(N3CC[NH2+]CC3)nc2c1. The van der Waals surface area contributed by atoms with Crippen molar-refractivity contribution in [1.82, 2.24) is 9.97 Å². The van der Waals surface area contributed by atoms with Gasteiger partial charge in [0.15, 0.2) is 0 Å². The third-order valence-electron chi connectivity index (χ3n) is 4.78. The number of aromatic nitrogens is 2. The lowest BCUT2D eigenvalue weighted by Crippen LogP contribution is -2.89. The summed E-state index contributed by atoms with van der Waals surface area (Å²) in [6.07, 6.45) is 5.17. The molecule has 0 atom stereocenters. The minimum atomic E-state index is 0.570. The van der Waals surface area contributed by atoms with E-state index in [1.54, 1.807) is 0 Å². The van der Waals surface area contributed by atoms with Crippen LogP contribution in [0.2, 0.25) is 0 Å². The molecule has 2 aromatic rings. The monoisotopic (exact) mass is 298 g/mol. The van der Waals surface area contributed by atoms with Crippen molar-refractivity contribution in [2.75, 3.05) is 36.4 Å². The summed E-state index contributed by atoms with van der Waals surface area (Å²) in [6, 6.07) is 8.92. The van der Waals surface area contributed by atoms with Crippen LogP contribution < -0.4 is 15.5 Å². The predicted octanol–water partition coefficient (Wildman–Crippen LogP) is 1.37. The average Bonchev–Trinajstić information content (AvgIpc) is 3.09. The average molecular weight is 298 g/mol. The first-order valence-corrected chi connectivity index (χ1v) is 8.50. The highest BCUT2D eigenvalue weighted by atomic mass is 15.3. The number of benzene rings is 1. The lowest BCUT2D eigenvalue weighted by Gasteiger charge is -2.26. The van der Waals surface area contributed by atoms with Gasteiger partial charge in [-0.3, -0.25) is 0 Å². The van der Waals surface area contributed by atoms with E-state index in [1.165, 1.54) is 25.7 Å². The zero-order valence-corrected chi connectivity index (χ0v) is 13.0. The molecule has 0 amide bonds. The van der Waals surface area contributed by atoms with Gasteiger partial charge in [-0.2, -0.15) is 4.98 Å². The van der Waals surface area contributed by atoms with Crippen molar-refractivity contribution < 1.29 is 5.32 Å². The molecule has 2 aliphatic rings. The van der Waals surface area contributed by atoms with E-state index in [9.17, 15) is 0 Å². The van der Waals surface area contributed by atoms with Gasteiger partial charge in [0.25, 0.3) is 0 Å². The number of hydrogen-bond donors (Lipinski definition) is 2. The van der Waals surface area contributed by atoms with E-state index >= 15 is 0 Å². The summed E-state index contributed by atoms with van der Waals surface area (Å²) in [6.45, 7) is 4.31. The first-order chi connectivity index (χ1) is 10.9. The number of para-hydroxylation sites is 1. The standard InChI is InChI=1S/C17H23N5/c1-2-6-13(5-1)19-16-14-7-3-4-8-15(14)20-17(21-16)22-11-9-18-10-12-22/h3-4,7-8,13,18H,1-2,5-6,9-12H2,(H,19,20,21)/p+1. The fourth-order valence-electron chi connectivity index (χ4n) is 3.53. The maximum atomic E-state index is 4.88. The number of nitrogens with two attached hydrogens (primary N) is 1. The van der Waals surface area contributed by atoms with Gasteiger partial charge in [-0.25, -0.2) is 4.98 Å². The van der Waals surface area contributed by atoms with Crippen molar-refractivity contribution in [2.45, 2.75) is 31.7 Å². The number of anilines is 2. The molecular formula is C17H24N5+. The maximum Gasteiger partial charge on any atom is 0.228 e. The summed E-state index contributed by atoms with van der Waals surface area (Å²) >= 11 is 0. The van der Waals surface area contributed by atoms with Crippen LogP contribution in [0.3, 0.4) is 0 Å². The van der Waals surface area contributed by atoms with E-state index in [0.29, 0.717) is 6.04 Å². The van der Waals surface area contributed by atoms with Crippen molar-refractivity contribution in [2.24, 2.45) is 0 Å². The Morgan fingerprint density at radius 3 is 2.64 bits per heavy atom. The Morgan fingerprint density at radius 1 is 1.05 bits per heavy atom. The summed E-state index contributed by atoms with van der Waals surface area (Å²) in [7, 11) is 0. The van der Waals surface area contributed by atoms with Crippen LogP contribution in [0.5, 0.6) is 0 Å². The number of rotatable bonds is 3. The molecule has 0 unspecified atom stereocenters. The van der Waals surface area contributed by atoms with Crippen molar-refractivity contribution in [3.63, 3.8) is 0 Å². The lowest BCUT2D eigenvalue weighted by molar-refractivity contribution is -0.655. The summed E-state index contributed by atoms with van der Waals surface area (Å²) < 4.78 is 0. The third kappa shape index (κ3) is 2.73. The second kappa shape index (κ2) is 6.08. The highest BCUT2D eigenvalue weighted by Gasteiger charge is 2.20. The number of hydrogen-bond acceptors (Lipinski definition) is 4. The smallest absolute Gasteiger partial charge is 0.228 e. The Morgan fingerprint density at radius 2 is 1.82 bits per heavy atom. The van der Waals surface area contributed by atoms with Crippen LogP contribution in [0.25, 0.3) is 10.9 Å². The third-order valence-corrected chi connectivity index (χ3v) is 4.78. The molecule has 1 saturated carbocycles. The van der Waals surface area contributed by atoms with E-state index in [1.807, 2.05) is 0 Å². The second-order valence-electron chi connectivity index (χ2n) is 6.37. The first kappa shape index (κ1) is 13.8. The Labute approximate surface area is 131 Å². The van der Waals surface area contributed by atoms with Crippen molar-refractivity contribution in [3.8, 4) is 0 Å². The van der Waals surface area contributed by atoms with E-state index in [-0.39, 0.29) is 0 Å². The molecule has 5 heteroatoms. The Bertz CT molecular complexity index is 645. The Kier molecular flexibility index (Phi) is 3.81. The summed E-state index contributed by atoms with van der Waals surface area (Å²) in [5, 5.41) is 7.17. The zero-order valence-electron chi connectivity index (χ0n) is 13.0. The molecule has 1 aromatic carbocycles. The number of quaternary nitrogens is 1. The molecule has 116 valence electrons. The molecule has 4 rings (SSSR count). The van der Waals surface area contributed by atoms with Gasteiger partial charge in [0, 0.05) is 11.4 Å². The topological polar surface area (TPSA) is 57.7 Å². The number of nitrogens with one attached hydrogen (secondary N) is 1. The molecule has 1 saturated heterocycles. The highest BCUT2D eigenvalue weighted by molar-refractivity contribution is 5.90. The van der Waals surface area contributed by atoms with Crippen LogP contribution >= 0.6 is 0 Å². The van der Waals surface area contributed by atoms with Gasteiger partial charge < -0.3 is 15.5 Å². The predicted molar refractivity (Wildman–Crippen MR) is 89.3 cm³/mol. The van der Waals surface area contributed by atoms with Crippen LogP contribution in [-0.4, -0.2) is 42.2 Å². The molecule has 0 bridgehead atoms. The molecular weight excluding hydrogens is 274 g/mol. The fourth-order valence-corrected chi connectivity index (χ4v) is 3.53. The largest absolute Gasteiger partial charge is 0.367 e. The van der Waals surface area contributed by atoms with Gasteiger partial charge in [0.05, 0.1) is 31.7 Å². The summed E-state index contributed by atoms with van der Waals surface area (Å²) in [5.41, 5.74) is 1.04. The molecule has 2 fully saturated rings. The van der Waals surface area contributed by atoms with Gasteiger partial charge in [-0.15, -0.1) is 0 Å². The van der Waals surface area contributed by atoms with Gasteiger partial charge in [0.2, 0.25) is 5.95 Å². The van der Waals surface area contributed by atoms with E-state index in [0.717, 1.165) is 48.8 Å². The van der Waals surface area contributed by atoms with Crippen molar-refractivity contribution in [1.29, 1.82) is 0 Å². The molecule has 3 N–H and O–H groups in total. The fraction of sp³-hybridized carbons (Fsp3) is 0.529. The Hall–Kier alpha value is -1.88. The van der Waals surface area contributed by atoms with Gasteiger partial charge in [-0.05, 0) is 25.0 Å². The van der Waals surface area contributed by atoms with Crippen molar-refractivity contribution in [3.05, 3.63) is 24.3 Å². The van der Waals surface area contributed by atoms with Crippen molar-refractivity contribution >= 4 is 22.7 Å².